The van der Waals surface area contributed by atoms with Gasteiger partial charge in [-0.2, -0.15) is 0 Å². The Balaban J connectivity index is 2.31. The van der Waals surface area contributed by atoms with Gasteiger partial charge in [0.2, 0.25) is 0 Å². The van der Waals surface area contributed by atoms with Crippen LogP contribution < -0.4 is 0 Å². The van der Waals surface area contributed by atoms with Crippen molar-refractivity contribution in [2.24, 2.45) is 0 Å². The molecular weight excluding hydrogens is 192 g/mol. The lowest BCUT2D eigenvalue weighted by Gasteiger charge is -1.99. The molecule has 0 unspecified atom stereocenters. The lowest BCUT2D eigenvalue weighted by molar-refractivity contribution is 0.600. The molecule has 0 heterocycles. The Morgan fingerprint density at radius 3 is 1.25 bits per heavy atom. The van der Waals surface area contributed by atoms with Crippen LogP contribution in [-0.4, -0.2) is 0 Å². The van der Waals surface area contributed by atoms with Crippen LogP contribution in [0.3, 0.4) is 0 Å². The summed E-state index contributed by atoms with van der Waals surface area (Å²) in [6, 6.07) is 0. The minimum Gasteiger partial charge on any atom is -0.0845 e. The van der Waals surface area contributed by atoms with Crippen LogP contribution in [0.25, 0.3) is 0 Å². The Hall–Kier alpha value is -1.04. The zero-order valence-electron chi connectivity index (χ0n) is 10.3. The predicted octanol–water partition coefficient (Wildman–Crippen LogP) is 5.35. The summed E-state index contributed by atoms with van der Waals surface area (Å²) in [5, 5.41) is 0. The first kappa shape index (κ1) is 13.0. The third-order valence-electron chi connectivity index (χ3n) is 2.82. The van der Waals surface area contributed by atoms with Crippen molar-refractivity contribution in [3.8, 4) is 0 Å². The third-order valence-corrected chi connectivity index (χ3v) is 2.82. The monoisotopic (exact) mass is 216 g/mol. The Morgan fingerprint density at radius 1 is 0.375 bits per heavy atom. The van der Waals surface area contributed by atoms with Gasteiger partial charge in [-0.3, -0.25) is 0 Å². The lowest BCUT2D eigenvalue weighted by atomic mass is 10.1. The fourth-order valence-electron chi connectivity index (χ4n) is 1.84. The Bertz CT molecular complexity index is 225. The maximum atomic E-state index is 2.27. The molecule has 0 saturated heterocycles. The molecule has 1 aliphatic rings. The lowest BCUT2D eigenvalue weighted by Crippen LogP contribution is -1.79. The van der Waals surface area contributed by atoms with Crippen LogP contribution >= 0.6 is 0 Å². The molecule has 0 fully saturated rings. The van der Waals surface area contributed by atoms with Crippen molar-refractivity contribution in [1.82, 2.24) is 0 Å². The highest BCUT2D eigenvalue weighted by molar-refractivity contribution is 5.15. The molecule has 16 heavy (non-hydrogen) atoms. The van der Waals surface area contributed by atoms with Gasteiger partial charge in [0.15, 0.2) is 0 Å². The summed E-state index contributed by atoms with van der Waals surface area (Å²) < 4.78 is 0. The number of rotatable bonds is 0. The normalized spacial score (nSPS) is 28.0. The van der Waals surface area contributed by atoms with Crippen LogP contribution in [0.15, 0.2) is 48.6 Å². The second-order valence-electron chi connectivity index (χ2n) is 4.32. The Labute approximate surface area is 100 Å². The van der Waals surface area contributed by atoms with Gasteiger partial charge in [0, 0.05) is 0 Å². The summed E-state index contributed by atoms with van der Waals surface area (Å²) in [6.07, 6.45) is 28.0. The molecule has 0 atom stereocenters. The smallest absolute Gasteiger partial charge is 0.0348 e. The molecule has 0 amide bonds. The average molecular weight is 216 g/mol. The summed E-state index contributed by atoms with van der Waals surface area (Å²) in [4.78, 5) is 0. The van der Waals surface area contributed by atoms with Crippen molar-refractivity contribution in [2.45, 2.75) is 51.4 Å². The molecule has 0 aliphatic heterocycles. The molecule has 0 aromatic rings. The quantitative estimate of drug-likeness (QED) is 0.512. The number of allylic oxidation sites excluding steroid dienone is 8. The van der Waals surface area contributed by atoms with Crippen LogP contribution in [-0.2, 0) is 0 Å². The first-order valence-corrected chi connectivity index (χ1v) is 6.65. The Morgan fingerprint density at radius 2 is 0.750 bits per heavy atom. The zero-order chi connectivity index (χ0) is 11.3. The molecule has 0 aromatic carbocycles. The molecule has 0 saturated carbocycles. The van der Waals surface area contributed by atoms with E-state index in [4.69, 9.17) is 0 Å². The van der Waals surface area contributed by atoms with E-state index in [1.807, 2.05) is 0 Å². The first-order chi connectivity index (χ1) is 8.00. The minimum atomic E-state index is 1.23. The highest BCUT2D eigenvalue weighted by Gasteiger charge is 1.89. The second-order valence-corrected chi connectivity index (χ2v) is 4.32. The van der Waals surface area contributed by atoms with E-state index in [0.29, 0.717) is 0 Å². The van der Waals surface area contributed by atoms with E-state index < -0.39 is 0 Å². The third kappa shape index (κ3) is 8.28. The van der Waals surface area contributed by atoms with Crippen molar-refractivity contribution < 1.29 is 0 Å². The highest BCUT2D eigenvalue weighted by Crippen LogP contribution is 2.09. The van der Waals surface area contributed by atoms with Crippen molar-refractivity contribution in [3.05, 3.63) is 48.6 Å². The van der Waals surface area contributed by atoms with Gasteiger partial charge in [0.05, 0.1) is 0 Å². The minimum absolute atomic E-state index is 1.23. The number of hydrogen-bond donors (Lipinski definition) is 0. The van der Waals surface area contributed by atoms with E-state index in [0.717, 1.165) is 0 Å². The molecule has 1 aliphatic carbocycles. The molecule has 88 valence electrons. The second kappa shape index (κ2) is 10.5. The van der Waals surface area contributed by atoms with Gasteiger partial charge in [-0.15, -0.1) is 0 Å². The first-order valence-electron chi connectivity index (χ1n) is 6.65. The molecule has 0 aromatic heterocycles. The molecule has 0 N–H and O–H groups in total. The van der Waals surface area contributed by atoms with Crippen molar-refractivity contribution >= 4 is 0 Å². The molecular formula is C16H24. The average Bonchev–Trinajstić information content (AvgIpc) is 2.29. The van der Waals surface area contributed by atoms with Crippen molar-refractivity contribution in [2.75, 3.05) is 0 Å². The van der Waals surface area contributed by atoms with Gasteiger partial charge in [0.1, 0.15) is 0 Å². The van der Waals surface area contributed by atoms with E-state index in [1.165, 1.54) is 51.4 Å². The largest absolute Gasteiger partial charge is 0.0845 e. The van der Waals surface area contributed by atoms with E-state index in [-0.39, 0.29) is 0 Å². The van der Waals surface area contributed by atoms with Crippen LogP contribution in [0.2, 0.25) is 0 Å². The van der Waals surface area contributed by atoms with Crippen LogP contribution in [0.1, 0.15) is 51.4 Å². The fraction of sp³-hybridized carbons (Fsp3) is 0.500. The molecule has 0 nitrogen and oxygen atoms in total. The standard InChI is InChI=1S/C16H24/c1-2-4-6-8-10-12-14-16-15-13-11-9-7-5-3-1/h1-8H,9-16H2/b3-1-,4-2+,7-5-,8-6-. The molecule has 0 heteroatoms. The summed E-state index contributed by atoms with van der Waals surface area (Å²) in [5.74, 6) is 0. The van der Waals surface area contributed by atoms with E-state index in [2.05, 4.69) is 48.6 Å². The number of hydrogen-bond acceptors (Lipinski definition) is 0. The van der Waals surface area contributed by atoms with Gasteiger partial charge < -0.3 is 0 Å². The summed E-state index contributed by atoms with van der Waals surface area (Å²) in [5.41, 5.74) is 0. The van der Waals surface area contributed by atoms with Crippen molar-refractivity contribution in [1.29, 1.82) is 0 Å². The van der Waals surface area contributed by atoms with Gasteiger partial charge in [-0.25, -0.2) is 0 Å². The zero-order valence-corrected chi connectivity index (χ0v) is 10.3. The summed E-state index contributed by atoms with van der Waals surface area (Å²) in [6.45, 7) is 0. The fourth-order valence-corrected chi connectivity index (χ4v) is 1.84. The van der Waals surface area contributed by atoms with Gasteiger partial charge in [0.25, 0.3) is 0 Å². The summed E-state index contributed by atoms with van der Waals surface area (Å²) in [7, 11) is 0. The Kier molecular flexibility index (Phi) is 8.53. The SMILES string of the molecule is C1=C\C=C\C=C/CCCCCCCC\C=C/1. The van der Waals surface area contributed by atoms with E-state index in [9.17, 15) is 0 Å². The maximum absolute atomic E-state index is 2.27. The molecule has 0 radical (unpaired) electrons. The van der Waals surface area contributed by atoms with Crippen LogP contribution in [0.5, 0.6) is 0 Å². The van der Waals surface area contributed by atoms with E-state index >= 15 is 0 Å². The highest BCUT2D eigenvalue weighted by atomic mass is 14.0. The van der Waals surface area contributed by atoms with Gasteiger partial charge >= 0.3 is 0 Å². The summed E-state index contributed by atoms with van der Waals surface area (Å²) >= 11 is 0. The van der Waals surface area contributed by atoms with Crippen LogP contribution in [0.4, 0.5) is 0 Å². The maximum Gasteiger partial charge on any atom is -0.0348 e. The van der Waals surface area contributed by atoms with Crippen molar-refractivity contribution in [3.63, 3.8) is 0 Å². The van der Waals surface area contributed by atoms with Crippen LogP contribution in [0, 0.1) is 0 Å². The molecule has 1 rings (SSSR count). The predicted molar refractivity (Wildman–Crippen MR) is 73.5 cm³/mol. The van der Waals surface area contributed by atoms with Gasteiger partial charge in [-0.05, 0) is 25.7 Å². The molecule has 0 bridgehead atoms. The van der Waals surface area contributed by atoms with Gasteiger partial charge in [-0.1, -0.05) is 74.3 Å². The molecule has 0 spiro atoms. The topological polar surface area (TPSA) is 0 Å². The van der Waals surface area contributed by atoms with E-state index in [1.54, 1.807) is 0 Å².